The van der Waals surface area contributed by atoms with Crippen molar-refractivity contribution in [2.45, 2.75) is 4.21 Å². The van der Waals surface area contributed by atoms with Crippen LogP contribution in [0.1, 0.15) is 0 Å². The van der Waals surface area contributed by atoms with Gasteiger partial charge in [0.1, 0.15) is 27.7 Å². The van der Waals surface area contributed by atoms with Crippen molar-refractivity contribution >= 4 is 49.3 Å². The number of ether oxygens (including phenoxy) is 1. The quantitative estimate of drug-likeness (QED) is 0.375. The standard InChI is InChI=1S/C19H15NO5S2/c1-20(27(22,23)19-7-4-10-26-19)12-18(21)24-13-8-9-17-15(11-13)14-5-2-3-6-16(14)25-17/h2-11H,12H2,1H3. The highest BCUT2D eigenvalue weighted by Crippen LogP contribution is 2.31. The zero-order valence-corrected chi connectivity index (χ0v) is 15.9. The number of carbonyl (C=O) groups is 1. The third-order valence-corrected chi connectivity index (χ3v) is 7.27. The van der Waals surface area contributed by atoms with Gasteiger partial charge >= 0.3 is 5.97 Å². The van der Waals surface area contributed by atoms with Gasteiger partial charge in [-0.05, 0) is 35.7 Å². The van der Waals surface area contributed by atoms with Gasteiger partial charge in [-0.15, -0.1) is 11.3 Å². The average Bonchev–Trinajstić information content (AvgIpc) is 3.29. The molecule has 0 saturated heterocycles. The number of hydrogen-bond acceptors (Lipinski definition) is 6. The molecule has 8 heteroatoms. The van der Waals surface area contributed by atoms with E-state index in [4.69, 9.17) is 9.15 Å². The number of para-hydroxylation sites is 1. The zero-order chi connectivity index (χ0) is 19.0. The number of fused-ring (bicyclic) bond motifs is 3. The summed E-state index contributed by atoms with van der Waals surface area (Å²) in [5.41, 5.74) is 1.44. The Morgan fingerprint density at radius 3 is 2.63 bits per heavy atom. The third-order valence-electron chi connectivity index (χ3n) is 4.09. The maximum absolute atomic E-state index is 12.4. The molecule has 2 heterocycles. The molecule has 6 nitrogen and oxygen atoms in total. The first-order valence-electron chi connectivity index (χ1n) is 8.07. The minimum Gasteiger partial charge on any atom is -0.456 e. The molecule has 0 spiro atoms. The van der Waals surface area contributed by atoms with Crippen molar-refractivity contribution in [1.29, 1.82) is 0 Å². The third kappa shape index (κ3) is 3.34. The Morgan fingerprint density at radius 1 is 1.07 bits per heavy atom. The van der Waals surface area contributed by atoms with Gasteiger partial charge in [0.15, 0.2) is 0 Å². The van der Waals surface area contributed by atoms with Gasteiger partial charge in [-0.3, -0.25) is 4.79 Å². The van der Waals surface area contributed by atoms with E-state index < -0.39 is 16.0 Å². The molecule has 2 aromatic heterocycles. The van der Waals surface area contributed by atoms with Crippen LogP contribution in [0.25, 0.3) is 21.9 Å². The van der Waals surface area contributed by atoms with E-state index in [1.54, 1.807) is 29.6 Å². The van der Waals surface area contributed by atoms with E-state index in [0.29, 0.717) is 11.3 Å². The Bertz CT molecular complexity index is 1230. The van der Waals surface area contributed by atoms with Crippen molar-refractivity contribution in [2.24, 2.45) is 0 Å². The largest absolute Gasteiger partial charge is 0.456 e. The van der Waals surface area contributed by atoms with E-state index in [0.717, 1.165) is 32.0 Å². The van der Waals surface area contributed by atoms with Crippen LogP contribution in [0.4, 0.5) is 0 Å². The second-order valence-corrected chi connectivity index (χ2v) is 9.14. The number of esters is 1. The first-order valence-corrected chi connectivity index (χ1v) is 10.4. The summed E-state index contributed by atoms with van der Waals surface area (Å²) in [6, 6.07) is 15.8. The molecule has 4 rings (SSSR count). The molecule has 138 valence electrons. The lowest BCUT2D eigenvalue weighted by molar-refractivity contribution is -0.134. The molecule has 27 heavy (non-hydrogen) atoms. The molecule has 0 atom stereocenters. The maximum atomic E-state index is 12.4. The van der Waals surface area contributed by atoms with Crippen LogP contribution in [0, 0.1) is 0 Å². The molecule has 0 fully saturated rings. The normalized spacial score (nSPS) is 12.1. The fraction of sp³-hybridized carbons (Fsp3) is 0.105. The van der Waals surface area contributed by atoms with Gasteiger partial charge in [0.05, 0.1) is 0 Å². The van der Waals surface area contributed by atoms with Crippen molar-refractivity contribution in [3.8, 4) is 5.75 Å². The number of sulfonamides is 1. The molecule has 0 saturated carbocycles. The molecule has 0 amide bonds. The summed E-state index contributed by atoms with van der Waals surface area (Å²) in [7, 11) is -2.35. The van der Waals surface area contributed by atoms with Crippen LogP contribution in [-0.4, -0.2) is 32.3 Å². The summed E-state index contributed by atoms with van der Waals surface area (Å²) in [4.78, 5) is 12.2. The zero-order valence-electron chi connectivity index (χ0n) is 14.3. The molecule has 0 aliphatic rings. The molecule has 0 aliphatic heterocycles. The molecule has 2 aromatic carbocycles. The van der Waals surface area contributed by atoms with Crippen LogP contribution >= 0.6 is 11.3 Å². The van der Waals surface area contributed by atoms with Crippen LogP contribution in [0.5, 0.6) is 5.75 Å². The van der Waals surface area contributed by atoms with Gasteiger partial charge in [-0.1, -0.05) is 24.3 Å². The van der Waals surface area contributed by atoms with Crippen molar-refractivity contribution < 1.29 is 22.4 Å². The number of furan rings is 1. The lowest BCUT2D eigenvalue weighted by Gasteiger charge is -2.15. The Kier molecular flexibility index (Phi) is 4.47. The molecular weight excluding hydrogens is 386 g/mol. The predicted octanol–water partition coefficient (Wildman–Crippen LogP) is 3.87. The fourth-order valence-corrected chi connectivity index (χ4v) is 5.08. The Hall–Kier alpha value is -2.68. The first-order chi connectivity index (χ1) is 12.9. The molecule has 0 unspecified atom stereocenters. The van der Waals surface area contributed by atoms with Gasteiger partial charge in [0.25, 0.3) is 10.0 Å². The second kappa shape index (κ2) is 6.80. The summed E-state index contributed by atoms with van der Waals surface area (Å²) in [5.74, 6) is -0.328. The highest BCUT2D eigenvalue weighted by Gasteiger charge is 2.24. The minimum absolute atomic E-state index is 0.184. The monoisotopic (exact) mass is 401 g/mol. The van der Waals surface area contributed by atoms with E-state index in [2.05, 4.69) is 0 Å². The number of thiophene rings is 1. The maximum Gasteiger partial charge on any atom is 0.326 e. The SMILES string of the molecule is CN(CC(=O)Oc1ccc2oc3ccccc3c2c1)S(=O)(=O)c1cccs1. The number of carbonyl (C=O) groups excluding carboxylic acids is 1. The van der Waals surface area contributed by atoms with Crippen molar-refractivity contribution in [3.63, 3.8) is 0 Å². The van der Waals surface area contributed by atoms with E-state index in [9.17, 15) is 13.2 Å². The fourth-order valence-electron chi connectivity index (χ4n) is 2.76. The summed E-state index contributed by atoms with van der Waals surface area (Å²) < 4.78 is 37.0. The number of benzene rings is 2. The van der Waals surface area contributed by atoms with Crippen LogP contribution in [0.15, 0.2) is 68.6 Å². The van der Waals surface area contributed by atoms with E-state index in [1.807, 2.05) is 24.3 Å². The lowest BCUT2D eigenvalue weighted by Crippen LogP contribution is -2.33. The van der Waals surface area contributed by atoms with Gasteiger partial charge in [-0.25, -0.2) is 8.42 Å². The topological polar surface area (TPSA) is 76.8 Å². The van der Waals surface area contributed by atoms with E-state index in [-0.39, 0.29) is 10.8 Å². The predicted molar refractivity (Wildman–Crippen MR) is 103 cm³/mol. The summed E-state index contributed by atoms with van der Waals surface area (Å²) >= 11 is 1.10. The van der Waals surface area contributed by atoms with Crippen molar-refractivity contribution in [2.75, 3.05) is 13.6 Å². The average molecular weight is 401 g/mol. The van der Waals surface area contributed by atoms with Crippen molar-refractivity contribution in [1.82, 2.24) is 4.31 Å². The van der Waals surface area contributed by atoms with Gasteiger partial charge in [0.2, 0.25) is 0 Å². The van der Waals surface area contributed by atoms with Crippen LogP contribution in [0.3, 0.4) is 0 Å². The Balaban J connectivity index is 1.53. The number of rotatable bonds is 5. The highest BCUT2D eigenvalue weighted by atomic mass is 32.2. The molecule has 4 aromatic rings. The van der Waals surface area contributed by atoms with Crippen molar-refractivity contribution in [3.05, 3.63) is 60.0 Å². The second-order valence-electron chi connectivity index (χ2n) is 5.92. The highest BCUT2D eigenvalue weighted by molar-refractivity contribution is 7.91. The van der Waals surface area contributed by atoms with E-state index >= 15 is 0 Å². The van der Waals surface area contributed by atoms with Crippen LogP contribution in [0.2, 0.25) is 0 Å². The molecule has 0 N–H and O–H groups in total. The number of likely N-dealkylation sites (N-methyl/N-ethyl adjacent to an activating group) is 1. The minimum atomic E-state index is -3.70. The molecule has 0 radical (unpaired) electrons. The Morgan fingerprint density at radius 2 is 1.85 bits per heavy atom. The van der Waals surface area contributed by atoms with E-state index in [1.165, 1.54) is 13.1 Å². The Labute approximate surface area is 159 Å². The summed E-state index contributed by atoms with van der Waals surface area (Å²) in [5, 5.41) is 3.42. The molecule has 0 aliphatic carbocycles. The lowest BCUT2D eigenvalue weighted by atomic mass is 10.1. The summed E-state index contributed by atoms with van der Waals surface area (Å²) in [6.07, 6.45) is 0. The smallest absolute Gasteiger partial charge is 0.326 e. The molecule has 0 bridgehead atoms. The van der Waals surface area contributed by atoms with Gasteiger partial charge in [-0.2, -0.15) is 4.31 Å². The van der Waals surface area contributed by atoms with Crippen LogP contribution in [-0.2, 0) is 14.8 Å². The molecular formula is C19H15NO5S2. The van der Waals surface area contributed by atoms with Gasteiger partial charge in [0, 0.05) is 17.8 Å². The van der Waals surface area contributed by atoms with Crippen LogP contribution < -0.4 is 4.74 Å². The number of hydrogen-bond donors (Lipinski definition) is 0. The van der Waals surface area contributed by atoms with Gasteiger partial charge < -0.3 is 9.15 Å². The number of nitrogens with zero attached hydrogens (tertiary/aromatic N) is 1. The summed E-state index contributed by atoms with van der Waals surface area (Å²) in [6.45, 7) is -0.385. The first kappa shape index (κ1) is 17.7.